The van der Waals surface area contributed by atoms with Gasteiger partial charge in [0.15, 0.2) is 0 Å². The number of hydrogen-bond acceptors (Lipinski definition) is 1. The Morgan fingerprint density at radius 2 is 1.86 bits per heavy atom. The molecule has 0 aliphatic carbocycles. The van der Waals surface area contributed by atoms with Gasteiger partial charge in [0.2, 0.25) is 0 Å². The van der Waals surface area contributed by atoms with E-state index >= 15 is 0 Å². The van der Waals surface area contributed by atoms with Gasteiger partial charge in [-0.1, -0.05) is 35.9 Å². The monoisotopic (exact) mass is 186 g/mol. The third-order valence-corrected chi connectivity index (χ3v) is 3.21. The summed E-state index contributed by atoms with van der Waals surface area (Å²) in [5.41, 5.74) is 4.28. The molecular formula is C13H14O. The Balaban J connectivity index is 2.08. The van der Waals surface area contributed by atoms with Crippen molar-refractivity contribution in [1.29, 1.82) is 0 Å². The van der Waals surface area contributed by atoms with Gasteiger partial charge in [0, 0.05) is 0 Å². The van der Waals surface area contributed by atoms with Crippen LogP contribution >= 0.6 is 0 Å². The van der Waals surface area contributed by atoms with Crippen molar-refractivity contribution in [3.8, 4) is 0 Å². The molecule has 2 aliphatic rings. The Morgan fingerprint density at radius 3 is 2.64 bits per heavy atom. The highest BCUT2D eigenvalue weighted by molar-refractivity contribution is 5.36. The van der Waals surface area contributed by atoms with E-state index in [4.69, 9.17) is 4.74 Å². The lowest BCUT2D eigenvalue weighted by molar-refractivity contribution is 0.0182. The number of fused-ring (bicyclic) bond motifs is 5. The number of ether oxygens (including phenoxy) is 1. The van der Waals surface area contributed by atoms with Crippen LogP contribution in [0, 0.1) is 0 Å². The molecule has 0 spiro atoms. The minimum Gasteiger partial charge on any atom is -0.365 e. The van der Waals surface area contributed by atoms with Crippen molar-refractivity contribution in [2.75, 3.05) is 0 Å². The maximum Gasteiger partial charge on any atom is 0.0874 e. The molecule has 1 aromatic rings. The molecule has 2 atom stereocenters. The van der Waals surface area contributed by atoms with E-state index in [0.717, 1.165) is 12.8 Å². The Morgan fingerprint density at radius 1 is 1.14 bits per heavy atom. The molecule has 2 heterocycles. The highest BCUT2D eigenvalue weighted by Gasteiger charge is 2.32. The summed E-state index contributed by atoms with van der Waals surface area (Å²) in [4.78, 5) is 0. The fourth-order valence-corrected chi connectivity index (χ4v) is 2.47. The molecule has 1 nitrogen and oxygen atoms in total. The van der Waals surface area contributed by atoms with E-state index in [2.05, 4.69) is 37.3 Å². The van der Waals surface area contributed by atoms with Gasteiger partial charge in [-0.3, -0.25) is 0 Å². The zero-order valence-corrected chi connectivity index (χ0v) is 8.36. The maximum atomic E-state index is 6.01. The summed E-state index contributed by atoms with van der Waals surface area (Å²) < 4.78 is 6.01. The van der Waals surface area contributed by atoms with E-state index in [0.29, 0.717) is 12.2 Å². The quantitative estimate of drug-likeness (QED) is 0.563. The lowest BCUT2D eigenvalue weighted by atomic mass is 9.94. The molecule has 0 unspecified atom stereocenters. The summed E-state index contributed by atoms with van der Waals surface area (Å²) in [6.07, 6.45) is 5.05. The standard InChI is InChI=1S/C13H14O/c1-9-6-7-12-10-4-2-3-5-11(10)13(8-9)14-12/h2-6,12-13H,7-8H2,1H3/t12-,13+/m1/s1. The normalized spacial score (nSPS) is 29.4. The van der Waals surface area contributed by atoms with Gasteiger partial charge in [-0.15, -0.1) is 0 Å². The van der Waals surface area contributed by atoms with Crippen molar-refractivity contribution in [2.45, 2.75) is 32.0 Å². The van der Waals surface area contributed by atoms with E-state index in [-0.39, 0.29) is 0 Å². The first kappa shape index (κ1) is 8.25. The van der Waals surface area contributed by atoms with E-state index in [1.165, 1.54) is 16.7 Å². The fraction of sp³-hybridized carbons (Fsp3) is 0.385. The molecule has 0 saturated heterocycles. The van der Waals surface area contributed by atoms with Crippen molar-refractivity contribution in [2.24, 2.45) is 0 Å². The van der Waals surface area contributed by atoms with Crippen molar-refractivity contribution in [3.05, 3.63) is 47.0 Å². The van der Waals surface area contributed by atoms with Crippen molar-refractivity contribution >= 4 is 0 Å². The van der Waals surface area contributed by atoms with Gasteiger partial charge in [0.05, 0.1) is 12.2 Å². The third kappa shape index (κ3) is 1.12. The topological polar surface area (TPSA) is 9.23 Å². The Kier molecular flexibility index (Phi) is 1.74. The van der Waals surface area contributed by atoms with Crippen molar-refractivity contribution in [1.82, 2.24) is 0 Å². The van der Waals surface area contributed by atoms with Gasteiger partial charge in [-0.25, -0.2) is 0 Å². The van der Waals surface area contributed by atoms with E-state index < -0.39 is 0 Å². The summed E-state index contributed by atoms with van der Waals surface area (Å²) in [7, 11) is 0. The van der Waals surface area contributed by atoms with Crippen LogP contribution in [0.2, 0.25) is 0 Å². The average molecular weight is 186 g/mol. The molecule has 72 valence electrons. The summed E-state index contributed by atoms with van der Waals surface area (Å²) >= 11 is 0. The van der Waals surface area contributed by atoms with Crippen molar-refractivity contribution in [3.63, 3.8) is 0 Å². The van der Waals surface area contributed by atoms with Crippen LogP contribution in [0.25, 0.3) is 0 Å². The molecule has 3 rings (SSSR count). The lowest BCUT2D eigenvalue weighted by Gasteiger charge is -2.09. The molecule has 0 amide bonds. The predicted octanol–water partition coefficient (Wildman–Crippen LogP) is 3.54. The summed E-state index contributed by atoms with van der Waals surface area (Å²) in [6, 6.07) is 8.63. The van der Waals surface area contributed by atoms with Crippen LogP contribution in [0.15, 0.2) is 35.9 Å². The number of hydrogen-bond donors (Lipinski definition) is 0. The summed E-state index contributed by atoms with van der Waals surface area (Å²) in [5.74, 6) is 0. The van der Waals surface area contributed by atoms with Crippen LogP contribution in [0.4, 0.5) is 0 Å². The van der Waals surface area contributed by atoms with Gasteiger partial charge in [-0.2, -0.15) is 0 Å². The molecule has 2 bridgehead atoms. The van der Waals surface area contributed by atoms with Gasteiger partial charge < -0.3 is 4.74 Å². The van der Waals surface area contributed by atoms with Gasteiger partial charge >= 0.3 is 0 Å². The molecule has 14 heavy (non-hydrogen) atoms. The van der Waals surface area contributed by atoms with Crippen LogP contribution in [-0.2, 0) is 4.74 Å². The van der Waals surface area contributed by atoms with E-state index in [1.54, 1.807) is 0 Å². The largest absolute Gasteiger partial charge is 0.365 e. The molecule has 2 aliphatic heterocycles. The first-order valence-electron chi connectivity index (χ1n) is 5.24. The lowest BCUT2D eigenvalue weighted by Crippen LogP contribution is -1.95. The summed E-state index contributed by atoms with van der Waals surface area (Å²) in [6.45, 7) is 2.20. The van der Waals surface area contributed by atoms with Crippen molar-refractivity contribution < 1.29 is 4.74 Å². The molecule has 1 heteroatoms. The summed E-state index contributed by atoms with van der Waals surface area (Å²) in [5, 5.41) is 0. The average Bonchev–Trinajstić information content (AvgIpc) is 2.40. The maximum absolute atomic E-state index is 6.01. The minimum absolute atomic E-state index is 0.314. The second-order valence-electron chi connectivity index (χ2n) is 4.23. The highest BCUT2D eigenvalue weighted by Crippen LogP contribution is 2.45. The van der Waals surface area contributed by atoms with E-state index in [1.807, 2.05) is 0 Å². The first-order valence-corrected chi connectivity index (χ1v) is 5.24. The van der Waals surface area contributed by atoms with Gasteiger partial charge in [-0.05, 0) is 30.9 Å². The highest BCUT2D eigenvalue weighted by atomic mass is 16.5. The van der Waals surface area contributed by atoms with Gasteiger partial charge in [0.1, 0.15) is 0 Å². The molecular weight excluding hydrogens is 172 g/mol. The second kappa shape index (κ2) is 2.96. The second-order valence-corrected chi connectivity index (χ2v) is 4.23. The number of rotatable bonds is 0. The molecule has 0 aromatic heterocycles. The Bertz CT molecular complexity index is 392. The molecule has 0 fully saturated rings. The SMILES string of the molecule is CC1=CC[C@H]2O[C@@H](C1)c1ccccc12. The molecule has 1 aromatic carbocycles. The number of benzene rings is 1. The minimum atomic E-state index is 0.314. The predicted molar refractivity (Wildman–Crippen MR) is 56.0 cm³/mol. The fourth-order valence-electron chi connectivity index (χ4n) is 2.47. The Labute approximate surface area is 84.4 Å². The van der Waals surface area contributed by atoms with Crippen LogP contribution in [0.5, 0.6) is 0 Å². The zero-order chi connectivity index (χ0) is 9.54. The zero-order valence-electron chi connectivity index (χ0n) is 8.36. The van der Waals surface area contributed by atoms with Crippen LogP contribution in [0.3, 0.4) is 0 Å². The van der Waals surface area contributed by atoms with Crippen LogP contribution in [0.1, 0.15) is 43.1 Å². The Hall–Kier alpha value is -1.08. The van der Waals surface area contributed by atoms with Crippen LogP contribution in [-0.4, -0.2) is 0 Å². The van der Waals surface area contributed by atoms with Gasteiger partial charge in [0.25, 0.3) is 0 Å². The molecule has 0 radical (unpaired) electrons. The van der Waals surface area contributed by atoms with Crippen LogP contribution < -0.4 is 0 Å². The van der Waals surface area contributed by atoms with E-state index in [9.17, 15) is 0 Å². The first-order chi connectivity index (χ1) is 6.84. The molecule has 0 N–H and O–H groups in total. The smallest absolute Gasteiger partial charge is 0.0874 e. The molecule has 0 saturated carbocycles. The third-order valence-electron chi connectivity index (χ3n) is 3.21.